The van der Waals surface area contributed by atoms with Crippen molar-refractivity contribution in [2.24, 2.45) is 0 Å². The van der Waals surface area contributed by atoms with Crippen LogP contribution in [0, 0.1) is 17.0 Å². The number of nitrogens with one attached hydrogen (secondary N) is 3. The van der Waals surface area contributed by atoms with Gasteiger partial charge in [-0.05, 0) is 31.3 Å². The first-order chi connectivity index (χ1) is 13.4. The Morgan fingerprint density at radius 3 is 2.43 bits per heavy atom. The number of hydrogen-bond donors (Lipinski definition) is 3. The number of amides is 1. The van der Waals surface area contributed by atoms with Crippen LogP contribution in [0.1, 0.15) is 15.4 Å². The van der Waals surface area contributed by atoms with E-state index in [9.17, 15) is 14.9 Å². The number of aromatic nitrogens is 1. The van der Waals surface area contributed by atoms with Crippen LogP contribution < -0.4 is 16.2 Å². The molecule has 0 fully saturated rings. The summed E-state index contributed by atoms with van der Waals surface area (Å²) in [6.45, 7) is 1.77. The van der Waals surface area contributed by atoms with Gasteiger partial charge in [-0.2, -0.15) is 0 Å². The van der Waals surface area contributed by atoms with E-state index in [1.807, 2.05) is 30.3 Å². The summed E-state index contributed by atoms with van der Waals surface area (Å²) in [5.74, 6) is -0.356. The first kappa shape index (κ1) is 19.4. The summed E-state index contributed by atoms with van der Waals surface area (Å²) < 4.78 is 0. The topological polar surface area (TPSA) is 109 Å². The standard InChI is InChI=1S/C18H15N5O3S2/c1-11-15(28-17(19-11)12-5-3-2-4-6-12)16(24)21-22-18(27)20-13-7-9-14(10-8-13)23(25)26/h2-10H,1H3,(H,21,24)(H2,20,22,27). The summed E-state index contributed by atoms with van der Waals surface area (Å²) in [5.41, 5.74) is 7.23. The van der Waals surface area contributed by atoms with Gasteiger partial charge in [0.2, 0.25) is 0 Å². The molecule has 3 rings (SSSR count). The molecule has 0 saturated heterocycles. The molecule has 0 saturated carbocycles. The van der Waals surface area contributed by atoms with E-state index in [2.05, 4.69) is 21.2 Å². The molecule has 0 aliphatic carbocycles. The third-order valence-corrected chi connectivity index (χ3v) is 5.06. The number of nitro groups is 1. The van der Waals surface area contributed by atoms with Crippen LogP contribution in [0.25, 0.3) is 10.6 Å². The van der Waals surface area contributed by atoms with Crippen LogP contribution in [-0.2, 0) is 0 Å². The Bertz CT molecular complexity index is 1020. The van der Waals surface area contributed by atoms with E-state index >= 15 is 0 Å². The Hall–Kier alpha value is -3.37. The molecule has 0 spiro atoms. The molecule has 0 aliphatic rings. The maximum Gasteiger partial charge on any atom is 0.281 e. The third kappa shape index (κ3) is 4.67. The zero-order valence-corrected chi connectivity index (χ0v) is 16.3. The van der Waals surface area contributed by atoms with Crippen LogP contribution in [-0.4, -0.2) is 20.9 Å². The number of hydrogen-bond acceptors (Lipinski definition) is 6. The molecular formula is C18H15N5O3S2. The molecule has 0 aliphatic heterocycles. The molecule has 0 unspecified atom stereocenters. The second-order valence-corrected chi connectivity index (χ2v) is 7.04. The van der Waals surface area contributed by atoms with Crippen LogP contribution in [0.5, 0.6) is 0 Å². The number of rotatable bonds is 4. The minimum Gasteiger partial charge on any atom is -0.331 e. The van der Waals surface area contributed by atoms with Gasteiger partial charge in [-0.1, -0.05) is 30.3 Å². The van der Waals surface area contributed by atoms with Crippen molar-refractivity contribution in [2.75, 3.05) is 5.32 Å². The van der Waals surface area contributed by atoms with Crippen molar-refractivity contribution in [2.45, 2.75) is 6.92 Å². The number of hydrazine groups is 1. The first-order valence-electron chi connectivity index (χ1n) is 8.08. The maximum absolute atomic E-state index is 12.4. The van der Waals surface area contributed by atoms with E-state index in [4.69, 9.17) is 12.2 Å². The van der Waals surface area contributed by atoms with Crippen molar-refractivity contribution in [3.8, 4) is 10.6 Å². The molecule has 0 radical (unpaired) electrons. The normalized spacial score (nSPS) is 10.2. The zero-order valence-electron chi connectivity index (χ0n) is 14.6. The highest BCUT2D eigenvalue weighted by Gasteiger charge is 2.16. The molecule has 142 valence electrons. The average Bonchev–Trinajstić information content (AvgIpc) is 3.09. The fourth-order valence-electron chi connectivity index (χ4n) is 2.31. The molecule has 28 heavy (non-hydrogen) atoms. The van der Waals surface area contributed by atoms with Crippen molar-refractivity contribution in [1.29, 1.82) is 0 Å². The van der Waals surface area contributed by atoms with Gasteiger partial charge in [-0.25, -0.2) is 4.98 Å². The number of anilines is 1. The molecule has 3 N–H and O–H groups in total. The van der Waals surface area contributed by atoms with Crippen LogP contribution in [0.15, 0.2) is 54.6 Å². The van der Waals surface area contributed by atoms with Gasteiger partial charge in [0.15, 0.2) is 5.11 Å². The number of non-ortho nitro benzene ring substituents is 1. The second kappa shape index (κ2) is 8.55. The molecule has 8 nitrogen and oxygen atoms in total. The lowest BCUT2D eigenvalue weighted by Gasteiger charge is -2.11. The molecule has 1 aromatic heterocycles. The molecule has 2 aromatic carbocycles. The highest BCUT2D eigenvalue weighted by Crippen LogP contribution is 2.27. The monoisotopic (exact) mass is 413 g/mol. The number of nitrogens with zero attached hydrogens (tertiary/aromatic N) is 2. The zero-order chi connectivity index (χ0) is 20.1. The first-order valence-corrected chi connectivity index (χ1v) is 9.31. The minimum atomic E-state index is -0.484. The Balaban J connectivity index is 1.58. The molecule has 1 amide bonds. The number of aryl methyl sites for hydroxylation is 1. The summed E-state index contributed by atoms with van der Waals surface area (Å²) in [4.78, 5) is 27.5. The van der Waals surface area contributed by atoms with Gasteiger partial charge < -0.3 is 5.32 Å². The Kier molecular flexibility index (Phi) is 5.92. The molecule has 10 heteroatoms. The van der Waals surface area contributed by atoms with Gasteiger partial charge in [0.05, 0.1) is 10.6 Å². The van der Waals surface area contributed by atoms with E-state index in [1.165, 1.54) is 35.6 Å². The molecular weight excluding hydrogens is 398 g/mol. The lowest BCUT2D eigenvalue weighted by Crippen LogP contribution is -2.43. The van der Waals surface area contributed by atoms with Gasteiger partial charge in [0.25, 0.3) is 11.6 Å². The van der Waals surface area contributed by atoms with E-state index in [0.717, 1.165) is 10.6 Å². The fraction of sp³-hybridized carbons (Fsp3) is 0.0556. The SMILES string of the molecule is Cc1nc(-c2ccccc2)sc1C(=O)NNC(=S)Nc1ccc([N+](=O)[O-])cc1. The largest absolute Gasteiger partial charge is 0.331 e. The van der Waals surface area contributed by atoms with Crippen molar-refractivity contribution in [3.05, 3.63) is 75.3 Å². The predicted molar refractivity (Wildman–Crippen MR) is 112 cm³/mol. The predicted octanol–water partition coefficient (Wildman–Crippen LogP) is 3.66. The van der Waals surface area contributed by atoms with Gasteiger partial charge >= 0.3 is 0 Å². The number of thiazole rings is 1. The van der Waals surface area contributed by atoms with Crippen LogP contribution >= 0.6 is 23.6 Å². The maximum atomic E-state index is 12.4. The summed E-state index contributed by atoms with van der Waals surface area (Å²) in [5, 5.41) is 14.4. The van der Waals surface area contributed by atoms with Gasteiger partial charge in [-0.3, -0.25) is 25.8 Å². The lowest BCUT2D eigenvalue weighted by atomic mass is 10.2. The second-order valence-electron chi connectivity index (χ2n) is 5.64. The molecule has 0 bridgehead atoms. The van der Waals surface area contributed by atoms with Crippen LogP contribution in [0.3, 0.4) is 0 Å². The Labute approximate surface area is 169 Å². The number of thiocarbonyl (C=S) groups is 1. The third-order valence-electron chi connectivity index (χ3n) is 3.65. The van der Waals surface area contributed by atoms with Crippen LogP contribution in [0.4, 0.5) is 11.4 Å². The lowest BCUT2D eigenvalue weighted by molar-refractivity contribution is -0.384. The highest BCUT2D eigenvalue weighted by molar-refractivity contribution is 7.80. The Morgan fingerprint density at radius 1 is 1.11 bits per heavy atom. The van der Waals surface area contributed by atoms with E-state index in [1.54, 1.807) is 6.92 Å². The fourth-order valence-corrected chi connectivity index (χ4v) is 3.45. The number of nitro benzene ring substituents is 1. The van der Waals surface area contributed by atoms with E-state index in [0.29, 0.717) is 16.3 Å². The summed E-state index contributed by atoms with van der Waals surface area (Å²) in [6, 6.07) is 15.4. The highest BCUT2D eigenvalue weighted by atomic mass is 32.1. The molecule has 0 atom stereocenters. The smallest absolute Gasteiger partial charge is 0.281 e. The molecule has 1 heterocycles. The van der Waals surface area contributed by atoms with E-state index in [-0.39, 0.29) is 16.7 Å². The van der Waals surface area contributed by atoms with Crippen LogP contribution in [0.2, 0.25) is 0 Å². The molecule has 3 aromatic rings. The number of benzene rings is 2. The van der Waals surface area contributed by atoms with Crippen molar-refractivity contribution in [3.63, 3.8) is 0 Å². The van der Waals surface area contributed by atoms with E-state index < -0.39 is 4.92 Å². The summed E-state index contributed by atoms with van der Waals surface area (Å²) in [6.07, 6.45) is 0. The summed E-state index contributed by atoms with van der Waals surface area (Å²) >= 11 is 6.41. The average molecular weight is 413 g/mol. The minimum absolute atomic E-state index is 0.0207. The number of carbonyl (C=O) groups excluding carboxylic acids is 1. The number of carbonyl (C=O) groups is 1. The van der Waals surface area contributed by atoms with Crippen molar-refractivity contribution >= 4 is 45.9 Å². The quantitative estimate of drug-likeness (QED) is 0.340. The summed E-state index contributed by atoms with van der Waals surface area (Å²) in [7, 11) is 0. The van der Waals surface area contributed by atoms with Crippen molar-refractivity contribution in [1.82, 2.24) is 15.8 Å². The van der Waals surface area contributed by atoms with Gasteiger partial charge in [0, 0.05) is 23.4 Å². The Morgan fingerprint density at radius 2 is 1.79 bits per heavy atom. The van der Waals surface area contributed by atoms with Gasteiger partial charge in [-0.15, -0.1) is 11.3 Å². The van der Waals surface area contributed by atoms with Gasteiger partial charge in [0.1, 0.15) is 9.88 Å². The van der Waals surface area contributed by atoms with Crippen molar-refractivity contribution < 1.29 is 9.72 Å².